The zero-order chi connectivity index (χ0) is 14.3. The number of allylic oxidation sites excluding steroid dienone is 1. The minimum absolute atomic E-state index is 0.0661. The first-order chi connectivity index (χ1) is 10.0. The van der Waals surface area contributed by atoms with Crippen LogP contribution in [0.5, 0.6) is 0 Å². The molecule has 0 aromatic rings. The van der Waals surface area contributed by atoms with E-state index in [2.05, 4.69) is 26.0 Å². The SMILES string of the molecule is CC(C)=C1[C@@H]2[C@@H]3C(=O)OC(=O)[C@@H]3[C@H]1[C@]13O[C@]21[C@@H]1C=C[C@H]3C1. The Labute approximate surface area is 122 Å². The highest BCUT2D eigenvalue weighted by Gasteiger charge is 2.96. The van der Waals surface area contributed by atoms with Gasteiger partial charge in [-0.2, -0.15) is 0 Å². The maximum atomic E-state index is 12.2. The number of carbonyl (C=O) groups is 2. The van der Waals surface area contributed by atoms with Crippen LogP contribution in [-0.4, -0.2) is 23.1 Å². The van der Waals surface area contributed by atoms with Gasteiger partial charge in [-0.1, -0.05) is 23.3 Å². The molecule has 4 heteroatoms. The number of fused-ring (bicyclic) bond motifs is 7. The zero-order valence-corrected chi connectivity index (χ0v) is 12.0. The van der Waals surface area contributed by atoms with E-state index in [4.69, 9.17) is 9.47 Å². The van der Waals surface area contributed by atoms with Crippen LogP contribution in [0.25, 0.3) is 0 Å². The van der Waals surface area contributed by atoms with E-state index in [-0.39, 0.29) is 46.8 Å². The van der Waals surface area contributed by atoms with Crippen molar-refractivity contribution in [3.05, 3.63) is 23.3 Å². The van der Waals surface area contributed by atoms with Crippen LogP contribution >= 0.6 is 0 Å². The Bertz CT molecular complexity index is 664. The molecule has 2 aliphatic heterocycles. The summed E-state index contributed by atoms with van der Waals surface area (Å²) < 4.78 is 11.4. The van der Waals surface area contributed by atoms with Crippen LogP contribution in [0, 0.1) is 35.5 Å². The number of hydrogen-bond donors (Lipinski definition) is 0. The van der Waals surface area contributed by atoms with Crippen LogP contribution in [0.2, 0.25) is 0 Å². The molecule has 4 nitrogen and oxygen atoms in total. The largest absolute Gasteiger partial charge is 0.393 e. The van der Waals surface area contributed by atoms with E-state index in [0.29, 0.717) is 11.8 Å². The van der Waals surface area contributed by atoms with Crippen molar-refractivity contribution in [1.82, 2.24) is 0 Å². The summed E-state index contributed by atoms with van der Waals surface area (Å²) in [5.41, 5.74) is 2.19. The molecule has 0 aromatic heterocycles. The fourth-order valence-corrected chi connectivity index (χ4v) is 6.81. The maximum Gasteiger partial charge on any atom is 0.318 e. The monoisotopic (exact) mass is 284 g/mol. The van der Waals surface area contributed by atoms with Gasteiger partial charge >= 0.3 is 11.9 Å². The topological polar surface area (TPSA) is 55.9 Å². The molecule has 108 valence electrons. The fourth-order valence-electron chi connectivity index (χ4n) is 6.81. The molecule has 0 aromatic carbocycles. The summed E-state index contributed by atoms with van der Waals surface area (Å²) in [6, 6.07) is 0. The van der Waals surface area contributed by atoms with Gasteiger partial charge in [-0.3, -0.25) is 9.59 Å². The minimum Gasteiger partial charge on any atom is -0.393 e. The average Bonchev–Trinajstić information content (AvgIpc) is 2.88. The lowest BCUT2D eigenvalue weighted by atomic mass is 9.65. The Hall–Kier alpha value is -1.42. The average molecular weight is 284 g/mol. The summed E-state index contributed by atoms with van der Waals surface area (Å²) in [7, 11) is 0. The molecule has 4 aliphatic carbocycles. The van der Waals surface area contributed by atoms with Crippen LogP contribution < -0.4 is 0 Å². The van der Waals surface area contributed by atoms with Crippen molar-refractivity contribution in [2.75, 3.05) is 0 Å². The summed E-state index contributed by atoms with van der Waals surface area (Å²) in [5, 5.41) is 0. The molecule has 5 fully saturated rings. The van der Waals surface area contributed by atoms with Crippen molar-refractivity contribution in [1.29, 1.82) is 0 Å². The third-order valence-corrected chi connectivity index (χ3v) is 7.11. The lowest BCUT2D eigenvalue weighted by molar-refractivity contribution is -0.155. The molecular weight excluding hydrogens is 268 g/mol. The number of carbonyl (C=O) groups excluding carboxylic acids is 2. The first-order valence-electron chi connectivity index (χ1n) is 7.85. The Morgan fingerprint density at radius 1 is 1.05 bits per heavy atom. The van der Waals surface area contributed by atoms with E-state index in [1.807, 2.05) is 0 Å². The predicted octanol–water partition coefficient (Wildman–Crippen LogP) is 1.61. The van der Waals surface area contributed by atoms with E-state index in [1.165, 1.54) is 11.1 Å². The molecule has 0 amide bonds. The number of ether oxygens (including phenoxy) is 2. The van der Waals surface area contributed by atoms with Crippen molar-refractivity contribution in [2.24, 2.45) is 35.5 Å². The summed E-state index contributed by atoms with van der Waals surface area (Å²) in [5.74, 6) is -0.269. The lowest BCUT2D eigenvalue weighted by Crippen LogP contribution is -2.45. The van der Waals surface area contributed by atoms with Gasteiger partial charge in [0.25, 0.3) is 0 Å². The highest BCUT2D eigenvalue weighted by molar-refractivity contribution is 5.99. The van der Waals surface area contributed by atoms with E-state index in [9.17, 15) is 9.59 Å². The quantitative estimate of drug-likeness (QED) is 0.293. The second-order valence-electron chi connectivity index (χ2n) is 7.72. The minimum atomic E-state index is -0.318. The number of rotatable bonds is 0. The molecule has 0 N–H and O–H groups in total. The number of cyclic esters (lactones) is 2. The van der Waals surface area contributed by atoms with Gasteiger partial charge in [-0.25, -0.2) is 0 Å². The van der Waals surface area contributed by atoms with Crippen molar-refractivity contribution in [2.45, 2.75) is 31.5 Å². The van der Waals surface area contributed by atoms with Crippen molar-refractivity contribution in [3.63, 3.8) is 0 Å². The molecule has 2 saturated heterocycles. The Morgan fingerprint density at radius 2 is 1.57 bits per heavy atom. The fraction of sp³-hybridized carbons (Fsp3) is 0.647. The molecule has 4 bridgehead atoms. The first kappa shape index (κ1) is 11.2. The van der Waals surface area contributed by atoms with Crippen LogP contribution in [0.1, 0.15) is 20.3 Å². The van der Waals surface area contributed by atoms with Crippen LogP contribution in [0.15, 0.2) is 23.3 Å². The van der Waals surface area contributed by atoms with Gasteiger partial charge in [-0.05, 0) is 20.3 Å². The Balaban J connectivity index is 1.66. The molecule has 0 radical (unpaired) electrons. The van der Waals surface area contributed by atoms with Crippen molar-refractivity contribution in [3.8, 4) is 0 Å². The van der Waals surface area contributed by atoms with E-state index < -0.39 is 0 Å². The molecule has 0 spiro atoms. The van der Waals surface area contributed by atoms with Crippen molar-refractivity contribution >= 4 is 11.9 Å². The number of hydrogen-bond acceptors (Lipinski definition) is 4. The third kappa shape index (κ3) is 0.787. The van der Waals surface area contributed by atoms with Gasteiger partial charge in [-0.15, -0.1) is 0 Å². The predicted molar refractivity (Wildman–Crippen MR) is 70.7 cm³/mol. The summed E-state index contributed by atoms with van der Waals surface area (Å²) in [4.78, 5) is 24.5. The van der Waals surface area contributed by atoms with Crippen LogP contribution in [0.3, 0.4) is 0 Å². The van der Waals surface area contributed by atoms with Crippen molar-refractivity contribution < 1.29 is 19.1 Å². The molecular formula is C17H16O4. The molecule has 21 heavy (non-hydrogen) atoms. The number of epoxide rings is 1. The summed E-state index contributed by atoms with van der Waals surface area (Å²) >= 11 is 0. The standard InChI is InChI=1S/C17H16O4/c1-6(2)9-12-10-11(15(19)20-14(10)18)13(9)17-8-4-3-7(5-8)16(12,17)21-17/h3-4,7-8,10-13H,5H2,1-2H3/t7-,8+,10-,11+,12-,13+,16-,17+. The summed E-state index contributed by atoms with van der Waals surface area (Å²) in [6.07, 6.45) is 5.68. The van der Waals surface area contributed by atoms with Gasteiger partial charge in [0.15, 0.2) is 0 Å². The third-order valence-electron chi connectivity index (χ3n) is 7.11. The Kier molecular flexibility index (Phi) is 1.47. The second-order valence-corrected chi connectivity index (χ2v) is 7.72. The van der Waals surface area contributed by atoms with Crippen LogP contribution in [-0.2, 0) is 19.1 Å². The van der Waals surface area contributed by atoms with E-state index in [1.54, 1.807) is 0 Å². The smallest absolute Gasteiger partial charge is 0.318 e. The van der Waals surface area contributed by atoms with Gasteiger partial charge in [0.1, 0.15) is 11.2 Å². The zero-order valence-electron chi connectivity index (χ0n) is 12.0. The molecule has 6 rings (SSSR count). The highest BCUT2D eigenvalue weighted by Crippen LogP contribution is 2.86. The Morgan fingerprint density at radius 3 is 2.05 bits per heavy atom. The van der Waals surface area contributed by atoms with E-state index in [0.717, 1.165) is 6.42 Å². The number of esters is 2. The van der Waals surface area contributed by atoms with E-state index >= 15 is 0 Å². The molecule has 2 heterocycles. The summed E-state index contributed by atoms with van der Waals surface area (Å²) in [6.45, 7) is 4.21. The molecule has 8 atom stereocenters. The highest BCUT2D eigenvalue weighted by atomic mass is 16.6. The normalized spacial score (nSPS) is 60.2. The van der Waals surface area contributed by atoms with Gasteiger partial charge in [0.2, 0.25) is 0 Å². The van der Waals surface area contributed by atoms with Gasteiger partial charge in [0, 0.05) is 23.7 Å². The lowest BCUT2D eigenvalue weighted by Gasteiger charge is -2.29. The van der Waals surface area contributed by atoms with Gasteiger partial charge in [0.05, 0.1) is 11.8 Å². The second kappa shape index (κ2) is 2.76. The van der Waals surface area contributed by atoms with Crippen LogP contribution in [0.4, 0.5) is 0 Å². The van der Waals surface area contributed by atoms with Gasteiger partial charge < -0.3 is 9.47 Å². The molecule has 0 unspecified atom stereocenters. The first-order valence-corrected chi connectivity index (χ1v) is 7.85. The molecule has 6 aliphatic rings. The maximum absolute atomic E-state index is 12.2. The molecule has 3 saturated carbocycles.